The van der Waals surface area contributed by atoms with Gasteiger partial charge in [0, 0.05) is 12.0 Å². The number of carbonyl (C=O) groups is 1. The van der Waals surface area contributed by atoms with E-state index in [4.69, 9.17) is 0 Å². The first-order valence-corrected chi connectivity index (χ1v) is 5.77. The van der Waals surface area contributed by atoms with E-state index < -0.39 is 0 Å². The van der Waals surface area contributed by atoms with Crippen molar-refractivity contribution in [1.82, 2.24) is 4.90 Å². The van der Waals surface area contributed by atoms with Crippen molar-refractivity contribution in [1.29, 1.82) is 0 Å². The van der Waals surface area contributed by atoms with E-state index >= 15 is 0 Å². The molecule has 0 rings (SSSR count). The van der Waals surface area contributed by atoms with E-state index in [9.17, 15) is 4.79 Å². The maximum Gasteiger partial charge on any atom is 0.120 e. The fraction of sp³-hybridized carbons (Fsp3) is 0.917. The third-order valence-electron chi connectivity index (χ3n) is 2.96. The smallest absolute Gasteiger partial charge is 0.120 e. The number of aldehydes is 1. The molecular formula is C12H25NO. The van der Waals surface area contributed by atoms with Gasteiger partial charge in [0.05, 0.1) is 0 Å². The summed E-state index contributed by atoms with van der Waals surface area (Å²) in [4.78, 5) is 12.7. The lowest BCUT2D eigenvalue weighted by molar-refractivity contribution is -0.108. The largest absolute Gasteiger partial charge is 0.303 e. The molecule has 0 aromatic carbocycles. The van der Waals surface area contributed by atoms with Crippen molar-refractivity contribution in [3.05, 3.63) is 0 Å². The second-order valence-corrected chi connectivity index (χ2v) is 4.46. The fourth-order valence-electron chi connectivity index (χ4n) is 1.58. The molecule has 0 amide bonds. The summed E-state index contributed by atoms with van der Waals surface area (Å²) in [5.41, 5.74) is 0.277. The molecular weight excluding hydrogens is 174 g/mol. The van der Waals surface area contributed by atoms with Crippen LogP contribution in [0.4, 0.5) is 0 Å². The van der Waals surface area contributed by atoms with Crippen LogP contribution in [0.1, 0.15) is 53.4 Å². The average molecular weight is 199 g/mol. The topological polar surface area (TPSA) is 20.3 Å². The lowest BCUT2D eigenvalue weighted by Crippen LogP contribution is -2.44. The summed E-state index contributed by atoms with van der Waals surface area (Å²) >= 11 is 0. The first-order valence-electron chi connectivity index (χ1n) is 5.77. The third kappa shape index (κ3) is 4.75. The van der Waals surface area contributed by atoms with Crippen LogP contribution in [0.3, 0.4) is 0 Å². The maximum atomic E-state index is 10.2. The van der Waals surface area contributed by atoms with Crippen molar-refractivity contribution in [2.75, 3.05) is 13.1 Å². The Morgan fingerprint density at radius 1 is 1.21 bits per heavy atom. The highest BCUT2D eigenvalue weighted by Crippen LogP contribution is 2.19. The van der Waals surface area contributed by atoms with Crippen molar-refractivity contribution >= 4 is 6.29 Å². The molecule has 0 fully saturated rings. The average Bonchev–Trinajstić information content (AvgIpc) is 2.17. The summed E-state index contributed by atoms with van der Waals surface area (Å²) in [6.45, 7) is 11.2. The summed E-state index contributed by atoms with van der Waals surface area (Å²) in [5.74, 6) is 0. The van der Waals surface area contributed by atoms with Crippen LogP contribution < -0.4 is 0 Å². The van der Waals surface area contributed by atoms with E-state index in [0.29, 0.717) is 6.42 Å². The second kappa shape index (κ2) is 6.99. The minimum atomic E-state index is 0.277. The minimum Gasteiger partial charge on any atom is -0.303 e. The van der Waals surface area contributed by atoms with Gasteiger partial charge in [0.1, 0.15) is 6.29 Å². The molecule has 0 aliphatic heterocycles. The molecule has 14 heavy (non-hydrogen) atoms. The first kappa shape index (κ1) is 13.6. The lowest BCUT2D eigenvalue weighted by Gasteiger charge is -2.38. The van der Waals surface area contributed by atoms with Gasteiger partial charge in [-0.3, -0.25) is 4.90 Å². The van der Waals surface area contributed by atoms with Gasteiger partial charge in [0.25, 0.3) is 0 Å². The van der Waals surface area contributed by atoms with E-state index in [1.54, 1.807) is 0 Å². The number of hydrogen-bond donors (Lipinski definition) is 0. The quantitative estimate of drug-likeness (QED) is 0.442. The normalized spacial score (nSPS) is 12.1. The summed E-state index contributed by atoms with van der Waals surface area (Å²) in [6.07, 6.45) is 5.05. The molecule has 0 spiro atoms. The van der Waals surface area contributed by atoms with Crippen molar-refractivity contribution < 1.29 is 4.79 Å². The zero-order valence-electron chi connectivity index (χ0n) is 10.2. The second-order valence-electron chi connectivity index (χ2n) is 4.46. The molecule has 0 atom stereocenters. The molecule has 2 heteroatoms. The highest BCUT2D eigenvalue weighted by Gasteiger charge is 2.22. The van der Waals surface area contributed by atoms with Gasteiger partial charge in [0.2, 0.25) is 0 Å². The summed E-state index contributed by atoms with van der Waals surface area (Å²) in [6, 6.07) is 0. The first-order chi connectivity index (χ1) is 6.58. The lowest BCUT2D eigenvalue weighted by atomic mass is 9.98. The zero-order valence-corrected chi connectivity index (χ0v) is 10.2. The molecule has 0 aromatic rings. The number of nitrogens with zero attached hydrogens (tertiary/aromatic N) is 1. The third-order valence-corrected chi connectivity index (χ3v) is 2.96. The molecule has 0 aromatic heterocycles. The number of carbonyl (C=O) groups excluding carboxylic acids is 1. The van der Waals surface area contributed by atoms with Gasteiger partial charge in [-0.05, 0) is 46.2 Å². The molecule has 84 valence electrons. The molecule has 0 saturated carbocycles. The predicted octanol–water partition coefficient (Wildman–Crippen LogP) is 2.87. The molecule has 0 saturated heterocycles. The Morgan fingerprint density at radius 2 is 1.86 bits per heavy atom. The molecule has 0 radical (unpaired) electrons. The van der Waals surface area contributed by atoms with Crippen LogP contribution in [0, 0.1) is 0 Å². The standard InChI is InChI=1S/C12H25NO/c1-5-9-13(10-7-8-11-14)12(3,4)6-2/h11H,5-10H2,1-4H3. The van der Waals surface area contributed by atoms with Crippen molar-refractivity contribution in [3.8, 4) is 0 Å². The van der Waals surface area contributed by atoms with Gasteiger partial charge < -0.3 is 4.79 Å². The summed E-state index contributed by atoms with van der Waals surface area (Å²) in [7, 11) is 0. The monoisotopic (exact) mass is 199 g/mol. The Bertz CT molecular complexity index is 154. The molecule has 2 nitrogen and oxygen atoms in total. The van der Waals surface area contributed by atoms with E-state index in [1.807, 2.05) is 0 Å². The Hall–Kier alpha value is -0.370. The van der Waals surface area contributed by atoms with Crippen LogP contribution in [0.25, 0.3) is 0 Å². The van der Waals surface area contributed by atoms with Gasteiger partial charge in [-0.1, -0.05) is 13.8 Å². The SMILES string of the molecule is CCCN(CCCC=O)C(C)(C)CC. The Morgan fingerprint density at radius 3 is 2.29 bits per heavy atom. The summed E-state index contributed by atoms with van der Waals surface area (Å²) < 4.78 is 0. The maximum absolute atomic E-state index is 10.2. The molecule has 0 heterocycles. The highest BCUT2D eigenvalue weighted by molar-refractivity contribution is 5.49. The van der Waals surface area contributed by atoms with Crippen LogP contribution in [0.2, 0.25) is 0 Å². The van der Waals surface area contributed by atoms with E-state index in [0.717, 1.165) is 32.2 Å². The van der Waals surface area contributed by atoms with Crippen LogP contribution in [-0.4, -0.2) is 29.8 Å². The van der Waals surface area contributed by atoms with Gasteiger partial charge in [-0.25, -0.2) is 0 Å². The van der Waals surface area contributed by atoms with Gasteiger partial charge in [-0.2, -0.15) is 0 Å². The number of hydrogen-bond acceptors (Lipinski definition) is 2. The molecule has 0 aliphatic carbocycles. The van der Waals surface area contributed by atoms with E-state index in [1.165, 1.54) is 6.42 Å². The zero-order chi connectivity index (χ0) is 11.0. The number of rotatable bonds is 8. The van der Waals surface area contributed by atoms with Gasteiger partial charge >= 0.3 is 0 Å². The Balaban J connectivity index is 4.06. The van der Waals surface area contributed by atoms with Crippen molar-refractivity contribution in [2.24, 2.45) is 0 Å². The van der Waals surface area contributed by atoms with Crippen LogP contribution >= 0.6 is 0 Å². The van der Waals surface area contributed by atoms with Crippen molar-refractivity contribution in [3.63, 3.8) is 0 Å². The van der Waals surface area contributed by atoms with Crippen LogP contribution in [0.5, 0.6) is 0 Å². The fourth-order valence-corrected chi connectivity index (χ4v) is 1.58. The van der Waals surface area contributed by atoms with Crippen molar-refractivity contribution in [2.45, 2.75) is 58.9 Å². The molecule has 0 N–H and O–H groups in total. The number of unbranched alkanes of at least 4 members (excludes halogenated alkanes) is 1. The van der Waals surface area contributed by atoms with E-state index in [-0.39, 0.29) is 5.54 Å². The molecule has 0 unspecified atom stereocenters. The molecule has 0 bridgehead atoms. The van der Waals surface area contributed by atoms with Crippen LogP contribution in [-0.2, 0) is 4.79 Å². The highest BCUT2D eigenvalue weighted by atomic mass is 16.1. The van der Waals surface area contributed by atoms with E-state index in [2.05, 4.69) is 32.6 Å². The summed E-state index contributed by atoms with van der Waals surface area (Å²) in [5, 5.41) is 0. The molecule has 0 aliphatic rings. The van der Waals surface area contributed by atoms with Crippen LogP contribution in [0.15, 0.2) is 0 Å². The predicted molar refractivity (Wildman–Crippen MR) is 61.5 cm³/mol. The Labute approximate surface area is 88.7 Å². The van der Waals surface area contributed by atoms with Gasteiger partial charge in [-0.15, -0.1) is 0 Å². The Kier molecular flexibility index (Phi) is 6.81. The van der Waals surface area contributed by atoms with Gasteiger partial charge in [0.15, 0.2) is 0 Å². The minimum absolute atomic E-state index is 0.277.